The fourth-order valence-corrected chi connectivity index (χ4v) is 4.30. The molecule has 1 heterocycles. The molecule has 36 heavy (non-hydrogen) atoms. The molecule has 3 amide bonds. The standard InChI is InChI=1S/C26H24N4O5S/c1-34-20-12-7-13-21(35-2)25(20)26(33)27-17-8-6-11-19(14-17)36-16-23(31)28-22-15-24(32)30(29-22)18-9-4-3-5-10-18/h3-14H,15-16H2,1-2H3,(H,27,33)(H,28,29,31). The maximum atomic E-state index is 12.9. The first kappa shape index (κ1) is 24.8. The Kier molecular flexibility index (Phi) is 7.86. The third-order valence-electron chi connectivity index (χ3n) is 5.18. The highest BCUT2D eigenvalue weighted by atomic mass is 32.2. The van der Waals surface area contributed by atoms with E-state index in [0.29, 0.717) is 28.7 Å². The molecule has 0 fully saturated rings. The summed E-state index contributed by atoms with van der Waals surface area (Å²) in [5, 5.41) is 11.1. The van der Waals surface area contributed by atoms with Crippen molar-refractivity contribution in [1.29, 1.82) is 0 Å². The number of carbonyl (C=O) groups excluding carboxylic acids is 3. The first-order chi connectivity index (χ1) is 17.5. The number of ether oxygens (including phenoxy) is 2. The Morgan fingerprint density at radius 1 is 0.944 bits per heavy atom. The normalized spacial score (nSPS) is 12.7. The van der Waals surface area contributed by atoms with Crippen LogP contribution in [-0.2, 0) is 9.59 Å². The second kappa shape index (κ2) is 11.4. The maximum Gasteiger partial charge on any atom is 0.263 e. The number of anilines is 2. The van der Waals surface area contributed by atoms with Gasteiger partial charge in [0.05, 0.1) is 32.1 Å². The van der Waals surface area contributed by atoms with Gasteiger partial charge in [-0.05, 0) is 42.5 Å². The van der Waals surface area contributed by atoms with Crippen LogP contribution in [-0.4, -0.2) is 43.5 Å². The quantitative estimate of drug-likeness (QED) is 0.450. The van der Waals surface area contributed by atoms with Gasteiger partial charge in [0.2, 0.25) is 5.91 Å². The molecule has 4 rings (SSSR count). The summed E-state index contributed by atoms with van der Waals surface area (Å²) in [6.07, 6.45) is 0.0270. The van der Waals surface area contributed by atoms with Crippen LogP contribution in [0.1, 0.15) is 16.8 Å². The number of thioether (sulfide) groups is 1. The number of nitrogens with zero attached hydrogens (tertiary/aromatic N) is 2. The SMILES string of the molecule is COc1cccc(OC)c1C(=O)Nc1cccc(SCC(=O)NC2=NN(c3ccccc3)C(=O)C2)c1. The summed E-state index contributed by atoms with van der Waals surface area (Å²) < 4.78 is 10.6. The van der Waals surface area contributed by atoms with Gasteiger partial charge >= 0.3 is 0 Å². The first-order valence-corrected chi connectivity index (χ1v) is 12.0. The topological polar surface area (TPSA) is 109 Å². The number of hydrazone groups is 1. The summed E-state index contributed by atoms with van der Waals surface area (Å²) in [5.74, 6) is 0.337. The van der Waals surface area contributed by atoms with E-state index in [4.69, 9.17) is 9.47 Å². The number of amidine groups is 1. The lowest BCUT2D eigenvalue weighted by Crippen LogP contribution is -2.31. The molecule has 0 saturated heterocycles. The van der Waals surface area contributed by atoms with Crippen molar-refractivity contribution in [2.24, 2.45) is 5.10 Å². The molecule has 1 aliphatic heterocycles. The minimum absolute atomic E-state index is 0.0270. The molecule has 0 aliphatic carbocycles. The van der Waals surface area contributed by atoms with Crippen molar-refractivity contribution in [3.05, 3.63) is 78.4 Å². The van der Waals surface area contributed by atoms with Gasteiger partial charge in [-0.25, -0.2) is 0 Å². The van der Waals surface area contributed by atoms with Crippen LogP contribution in [0.15, 0.2) is 82.8 Å². The van der Waals surface area contributed by atoms with Crippen LogP contribution in [0.2, 0.25) is 0 Å². The Balaban J connectivity index is 1.35. The lowest BCUT2D eigenvalue weighted by molar-refractivity contribution is -0.117. The second-order valence-corrected chi connectivity index (χ2v) is 8.67. The molecule has 0 radical (unpaired) electrons. The molecular formula is C26H24N4O5S. The van der Waals surface area contributed by atoms with Crippen LogP contribution in [0.3, 0.4) is 0 Å². The van der Waals surface area contributed by atoms with Crippen molar-refractivity contribution >= 4 is 46.7 Å². The molecule has 0 aromatic heterocycles. The van der Waals surface area contributed by atoms with E-state index in [1.807, 2.05) is 24.3 Å². The number of nitrogens with one attached hydrogen (secondary N) is 2. The number of amides is 3. The Morgan fingerprint density at radius 2 is 1.64 bits per heavy atom. The number of benzene rings is 3. The lowest BCUT2D eigenvalue weighted by atomic mass is 10.1. The smallest absolute Gasteiger partial charge is 0.263 e. The maximum absolute atomic E-state index is 12.9. The predicted octanol–water partition coefficient (Wildman–Crippen LogP) is 3.91. The fraction of sp³-hybridized carbons (Fsp3) is 0.154. The summed E-state index contributed by atoms with van der Waals surface area (Å²) in [4.78, 5) is 38.4. The Labute approximate surface area is 212 Å². The van der Waals surface area contributed by atoms with Crippen molar-refractivity contribution in [2.75, 3.05) is 30.3 Å². The molecule has 0 atom stereocenters. The van der Waals surface area contributed by atoms with Crippen LogP contribution in [0.5, 0.6) is 11.5 Å². The van der Waals surface area contributed by atoms with Crippen LogP contribution >= 0.6 is 11.8 Å². The molecule has 0 saturated carbocycles. The number of hydrogen-bond donors (Lipinski definition) is 2. The third-order valence-corrected chi connectivity index (χ3v) is 6.17. The number of rotatable bonds is 8. The summed E-state index contributed by atoms with van der Waals surface area (Å²) in [7, 11) is 2.97. The largest absolute Gasteiger partial charge is 0.496 e. The van der Waals surface area contributed by atoms with Crippen LogP contribution in [0.25, 0.3) is 0 Å². The minimum atomic E-state index is -0.379. The molecule has 0 bridgehead atoms. The van der Waals surface area contributed by atoms with Gasteiger partial charge in [0, 0.05) is 10.6 Å². The molecule has 0 spiro atoms. The van der Waals surface area contributed by atoms with Gasteiger partial charge in [-0.3, -0.25) is 14.4 Å². The Hall–Kier alpha value is -4.31. The zero-order valence-corrected chi connectivity index (χ0v) is 20.5. The predicted molar refractivity (Wildman–Crippen MR) is 139 cm³/mol. The summed E-state index contributed by atoms with van der Waals surface area (Å²) >= 11 is 1.30. The van der Waals surface area contributed by atoms with Gasteiger partial charge in [0.25, 0.3) is 11.8 Å². The highest BCUT2D eigenvalue weighted by Crippen LogP contribution is 2.30. The van der Waals surface area contributed by atoms with Crippen molar-refractivity contribution in [3.8, 4) is 11.5 Å². The van der Waals surface area contributed by atoms with Gasteiger partial charge in [0.15, 0.2) is 0 Å². The van der Waals surface area contributed by atoms with Crippen molar-refractivity contribution in [1.82, 2.24) is 5.32 Å². The number of para-hydroxylation sites is 1. The van der Waals surface area contributed by atoms with E-state index in [0.717, 1.165) is 4.90 Å². The summed E-state index contributed by atoms with van der Waals surface area (Å²) in [5.41, 5.74) is 1.49. The minimum Gasteiger partial charge on any atom is -0.496 e. The molecule has 10 heteroatoms. The van der Waals surface area contributed by atoms with Crippen molar-refractivity contribution in [3.63, 3.8) is 0 Å². The van der Waals surface area contributed by atoms with E-state index in [9.17, 15) is 14.4 Å². The van der Waals surface area contributed by atoms with Gasteiger partial charge in [0.1, 0.15) is 22.9 Å². The molecule has 1 aliphatic rings. The van der Waals surface area contributed by atoms with E-state index in [-0.39, 0.29) is 35.5 Å². The second-order valence-electron chi connectivity index (χ2n) is 7.62. The van der Waals surface area contributed by atoms with E-state index in [1.54, 1.807) is 48.5 Å². The van der Waals surface area contributed by atoms with Crippen LogP contribution in [0.4, 0.5) is 11.4 Å². The van der Waals surface area contributed by atoms with Gasteiger partial charge in [-0.1, -0.05) is 30.3 Å². The molecule has 9 nitrogen and oxygen atoms in total. The Bertz CT molecular complexity index is 1290. The van der Waals surface area contributed by atoms with Gasteiger partial charge in [-0.2, -0.15) is 10.1 Å². The van der Waals surface area contributed by atoms with Crippen molar-refractivity contribution in [2.45, 2.75) is 11.3 Å². The highest BCUT2D eigenvalue weighted by Gasteiger charge is 2.26. The molecule has 184 valence electrons. The third kappa shape index (κ3) is 5.84. The monoisotopic (exact) mass is 504 g/mol. The number of methoxy groups -OCH3 is 2. The van der Waals surface area contributed by atoms with E-state index >= 15 is 0 Å². The van der Waals surface area contributed by atoms with E-state index < -0.39 is 0 Å². The summed E-state index contributed by atoms with van der Waals surface area (Å²) in [6, 6.07) is 21.3. The summed E-state index contributed by atoms with van der Waals surface area (Å²) in [6.45, 7) is 0. The zero-order chi connectivity index (χ0) is 25.5. The highest BCUT2D eigenvalue weighted by molar-refractivity contribution is 8.00. The zero-order valence-electron chi connectivity index (χ0n) is 19.7. The fourth-order valence-electron chi connectivity index (χ4n) is 3.55. The van der Waals surface area contributed by atoms with Crippen molar-refractivity contribution < 1.29 is 23.9 Å². The number of hydrogen-bond acceptors (Lipinski definition) is 7. The van der Waals surface area contributed by atoms with E-state index in [1.165, 1.54) is 31.0 Å². The molecular weight excluding hydrogens is 480 g/mol. The average molecular weight is 505 g/mol. The van der Waals surface area contributed by atoms with Crippen LogP contribution in [0, 0.1) is 0 Å². The Morgan fingerprint density at radius 3 is 2.33 bits per heavy atom. The van der Waals surface area contributed by atoms with Crippen LogP contribution < -0.4 is 25.1 Å². The first-order valence-electron chi connectivity index (χ1n) is 11.0. The average Bonchev–Trinajstić information content (AvgIpc) is 3.27. The molecule has 3 aromatic rings. The van der Waals surface area contributed by atoms with Gasteiger partial charge < -0.3 is 20.1 Å². The molecule has 2 N–H and O–H groups in total. The lowest BCUT2D eigenvalue weighted by Gasteiger charge is -2.13. The van der Waals surface area contributed by atoms with E-state index in [2.05, 4.69) is 15.7 Å². The molecule has 0 unspecified atom stereocenters. The van der Waals surface area contributed by atoms with Gasteiger partial charge in [-0.15, -0.1) is 11.8 Å². The molecule has 3 aromatic carbocycles. The number of carbonyl (C=O) groups is 3.